The highest BCUT2D eigenvalue weighted by Crippen LogP contribution is 2.26. The Morgan fingerprint density at radius 3 is 2.44 bits per heavy atom. The number of para-hydroxylation sites is 1. The van der Waals surface area contributed by atoms with Crippen LogP contribution in [0.3, 0.4) is 0 Å². The van der Waals surface area contributed by atoms with E-state index < -0.39 is 15.9 Å². The van der Waals surface area contributed by atoms with Crippen molar-refractivity contribution in [3.8, 4) is 5.75 Å². The first-order valence-electron chi connectivity index (χ1n) is 9.70. The average Bonchev–Trinajstić information content (AvgIpc) is 2.79. The number of nitrogens with one attached hydrogen (secondary N) is 2. The van der Waals surface area contributed by atoms with Crippen LogP contribution in [0.5, 0.6) is 5.75 Å². The lowest BCUT2D eigenvalue weighted by molar-refractivity contribution is -0.118. The molecule has 1 amide bonds. The van der Waals surface area contributed by atoms with Gasteiger partial charge in [-0.15, -0.1) is 0 Å². The van der Waals surface area contributed by atoms with E-state index in [1.807, 2.05) is 36.4 Å². The van der Waals surface area contributed by atoms with Gasteiger partial charge in [0.1, 0.15) is 5.75 Å². The molecule has 0 saturated heterocycles. The fourth-order valence-electron chi connectivity index (χ4n) is 3.15. The van der Waals surface area contributed by atoms with Gasteiger partial charge in [-0.2, -0.15) is 0 Å². The molecule has 0 radical (unpaired) electrons. The van der Waals surface area contributed by atoms with E-state index in [1.54, 1.807) is 42.5 Å². The van der Waals surface area contributed by atoms with Crippen molar-refractivity contribution in [1.29, 1.82) is 0 Å². The number of rotatable bonds is 7. The highest BCUT2D eigenvalue weighted by Gasteiger charge is 2.16. The molecule has 0 aromatic heterocycles. The van der Waals surface area contributed by atoms with Crippen molar-refractivity contribution in [2.45, 2.75) is 4.90 Å². The minimum atomic E-state index is -3.89. The lowest BCUT2D eigenvalue weighted by atomic mass is 10.1. The average molecular weight is 467 g/mol. The van der Waals surface area contributed by atoms with Gasteiger partial charge in [0.25, 0.3) is 15.9 Å². The van der Waals surface area contributed by atoms with Crippen LogP contribution in [0.25, 0.3) is 10.8 Å². The second kappa shape index (κ2) is 9.30. The first kappa shape index (κ1) is 21.7. The molecular formula is C24H19ClN2O4S. The van der Waals surface area contributed by atoms with Crippen molar-refractivity contribution in [3.05, 3.63) is 96.0 Å². The highest BCUT2D eigenvalue weighted by atomic mass is 35.5. The molecule has 2 N–H and O–H groups in total. The summed E-state index contributed by atoms with van der Waals surface area (Å²) >= 11 is 6.04. The number of anilines is 2. The van der Waals surface area contributed by atoms with Crippen LogP contribution in [0.1, 0.15) is 0 Å². The molecule has 0 heterocycles. The van der Waals surface area contributed by atoms with Crippen molar-refractivity contribution in [2.75, 3.05) is 16.6 Å². The van der Waals surface area contributed by atoms with Crippen molar-refractivity contribution in [1.82, 2.24) is 0 Å². The number of sulfonamides is 1. The molecule has 0 spiro atoms. The van der Waals surface area contributed by atoms with E-state index in [2.05, 4.69) is 10.0 Å². The Morgan fingerprint density at radius 1 is 0.875 bits per heavy atom. The molecule has 0 fully saturated rings. The molecule has 8 heteroatoms. The molecule has 162 valence electrons. The van der Waals surface area contributed by atoms with Crippen molar-refractivity contribution in [3.63, 3.8) is 0 Å². The third-order valence-corrected chi connectivity index (χ3v) is 6.35. The number of ether oxygens (including phenoxy) is 1. The maximum absolute atomic E-state index is 12.7. The third-order valence-electron chi connectivity index (χ3n) is 4.65. The SMILES string of the molecule is O=C(COc1cccc2ccccc12)Nc1cccc(S(=O)(=O)Nc2ccccc2Cl)c1. The number of hydrogen-bond acceptors (Lipinski definition) is 4. The first-order chi connectivity index (χ1) is 15.4. The topological polar surface area (TPSA) is 84.5 Å². The van der Waals surface area contributed by atoms with Gasteiger partial charge in [0.15, 0.2) is 6.61 Å². The molecule has 0 aliphatic heterocycles. The smallest absolute Gasteiger partial charge is 0.262 e. The summed E-state index contributed by atoms with van der Waals surface area (Å²) in [5.41, 5.74) is 0.602. The summed E-state index contributed by atoms with van der Waals surface area (Å²) in [7, 11) is -3.89. The zero-order valence-electron chi connectivity index (χ0n) is 16.8. The quantitative estimate of drug-likeness (QED) is 0.386. The molecule has 0 atom stereocenters. The monoisotopic (exact) mass is 466 g/mol. The molecule has 4 aromatic carbocycles. The Bertz CT molecular complexity index is 1380. The molecule has 6 nitrogen and oxygen atoms in total. The summed E-state index contributed by atoms with van der Waals surface area (Å²) in [6.07, 6.45) is 0. The van der Waals surface area contributed by atoms with E-state index in [-0.39, 0.29) is 22.2 Å². The molecule has 0 bridgehead atoms. The summed E-state index contributed by atoms with van der Waals surface area (Å²) in [4.78, 5) is 12.4. The summed E-state index contributed by atoms with van der Waals surface area (Å²) in [6, 6.07) is 25.8. The van der Waals surface area contributed by atoms with E-state index in [0.717, 1.165) is 10.8 Å². The Labute approximate surface area is 190 Å². The lowest BCUT2D eigenvalue weighted by Gasteiger charge is -2.12. The highest BCUT2D eigenvalue weighted by molar-refractivity contribution is 7.92. The van der Waals surface area contributed by atoms with Gasteiger partial charge in [-0.25, -0.2) is 8.42 Å². The van der Waals surface area contributed by atoms with Crippen molar-refractivity contribution < 1.29 is 17.9 Å². The van der Waals surface area contributed by atoms with Gasteiger partial charge in [0, 0.05) is 11.1 Å². The van der Waals surface area contributed by atoms with Gasteiger partial charge >= 0.3 is 0 Å². The maximum Gasteiger partial charge on any atom is 0.262 e. The Kier molecular flexibility index (Phi) is 6.30. The lowest BCUT2D eigenvalue weighted by Crippen LogP contribution is -2.20. The molecule has 32 heavy (non-hydrogen) atoms. The number of fused-ring (bicyclic) bond motifs is 1. The van der Waals surface area contributed by atoms with Crippen molar-refractivity contribution >= 4 is 49.7 Å². The van der Waals surface area contributed by atoms with Gasteiger partial charge in [0.2, 0.25) is 0 Å². The Balaban J connectivity index is 1.44. The van der Waals surface area contributed by atoms with Gasteiger partial charge in [-0.1, -0.05) is 66.2 Å². The largest absolute Gasteiger partial charge is 0.483 e. The number of benzene rings is 4. The molecule has 4 rings (SSSR count). The van der Waals surface area contributed by atoms with Gasteiger partial charge in [0.05, 0.1) is 15.6 Å². The van der Waals surface area contributed by atoms with Gasteiger partial charge in [-0.05, 0) is 41.8 Å². The summed E-state index contributed by atoms with van der Waals surface area (Å²) in [6.45, 7) is -0.219. The minimum Gasteiger partial charge on any atom is -0.483 e. The number of amides is 1. The summed E-state index contributed by atoms with van der Waals surface area (Å²) in [5.74, 6) is 0.185. The Morgan fingerprint density at radius 2 is 1.59 bits per heavy atom. The van der Waals surface area contributed by atoms with E-state index in [1.165, 1.54) is 12.1 Å². The zero-order valence-corrected chi connectivity index (χ0v) is 18.4. The maximum atomic E-state index is 12.7. The van der Waals surface area contributed by atoms with Gasteiger partial charge in [-0.3, -0.25) is 9.52 Å². The first-order valence-corrected chi connectivity index (χ1v) is 11.6. The van der Waals surface area contributed by atoms with Crippen LogP contribution < -0.4 is 14.8 Å². The predicted molar refractivity (Wildman–Crippen MR) is 127 cm³/mol. The van der Waals surface area contributed by atoms with E-state index in [4.69, 9.17) is 16.3 Å². The second-order valence-corrected chi connectivity index (χ2v) is 9.02. The number of carbonyl (C=O) groups excluding carboxylic acids is 1. The van der Waals surface area contributed by atoms with Crippen LogP contribution in [0.15, 0.2) is 95.9 Å². The van der Waals surface area contributed by atoms with E-state index >= 15 is 0 Å². The molecule has 0 unspecified atom stereocenters. The second-order valence-electron chi connectivity index (χ2n) is 6.93. The minimum absolute atomic E-state index is 0.00908. The number of hydrogen-bond donors (Lipinski definition) is 2. The fourth-order valence-corrected chi connectivity index (χ4v) is 4.51. The van der Waals surface area contributed by atoms with Crippen LogP contribution in [-0.2, 0) is 14.8 Å². The van der Waals surface area contributed by atoms with Crippen LogP contribution in [0, 0.1) is 0 Å². The van der Waals surface area contributed by atoms with Crippen LogP contribution >= 0.6 is 11.6 Å². The standard InChI is InChI=1S/C24H19ClN2O4S/c25-21-12-3-4-13-22(21)27-32(29,30)19-10-6-9-18(15-19)26-24(28)16-31-23-14-5-8-17-7-1-2-11-20(17)23/h1-15,27H,16H2,(H,26,28). The summed E-state index contributed by atoms with van der Waals surface area (Å²) < 4.78 is 33.6. The number of carbonyl (C=O) groups is 1. The van der Waals surface area contributed by atoms with E-state index in [9.17, 15) is 13.2 Å². The zero-order chi connectivity index (χ0) is 22.6. The molecular weight excluding hydrogens is 448 g/mol. The van der Waals surface area contributed by atoms with E-state index in [0.29, 0.717) is 11.4 Å². The fraction of sp³-hybridized carbons (Fsp3) is 0.0417. The van der Waals surface area contributed by atoms with Crippen molar-refractivity contribution in [2.24, 2.45) is 0 Å². The molecule has 0 aliphatic rings. The normalized spacial score (nSPS) is 11.2. The molecule has 0 saturated carbocycles. The van der Waals surface area contributed by atoms with Crippen LogP contribution in [-0.4, -0.2) is 20.9 Å². The molecule has 0 aliphatic carbocycles. The molecule has 4 aromatic rings. The predicted octanol–water partition coefficient (Wildman–Crippen LogP) is 5.31. The third kappa shape index (κ3) is 5.01. The van der Waals surface area contributed by atoms with Crippen LogP contribution in [0.2, 0.25) is 5.02 Å². The summed E-state index contributed by atoms with van der Waals surface area (Å²) in [5, 5.41) is 4.86. The number of halogens is 1. The van der Waals surface area contributed by atoms with Crippen LogP contribution in [0.4, 0.5) is 11.4 Å². The van der Waals surface area contributed by atoms with Gasteiger partial charge < -0.3 is 10.1 Å². The Hall–Kier alpha value is -3.55.